The molecule has 0 aromatic heterocycles. The van der Waals surface area contributed by atoms with Crippen LogP contribution in [0.2, 0.25) is 0 Å². The van der Waals surface area contributed by atoms with Gasteiger partial charge in [-0.3, -0.25) is 4.90 Å². The third kappa shape index (κ3) is 4.31. The summed E-state index contributed by atoms with van der Waals surface area (Å²) in [5.74, 6) is 0. The molecule has 0 bridgehead atoms. The summed E-state index contributed by atoms with van der Waals surface area (Å²) < 4.78 is 25.5. The van der Waals surface area contributed by atoms with Gasteiger partial charge in [0.2, 0.25) is 10.0 Å². The Morgan fingerprint density at radius 2 is 1.60 bits per heavy atom. The number of piperazine rings is 1. The van der Waals surface area contributed by atoms with Gasteiger partial charge in [-0.25, -0.2) is 18.9 Å². The summed E-state index contributed by atoms with van der Waals surface area (Å²) in [5.41, 5.74) is 8.92. The molecule has 7 heteroatoms. The summed E-state index contributed by atoms with van der Waals surface area (Å²) in [6.45, 7) is 7.76. The van der Waals surface area contributed by atoms with E-state index in [1.54, 1.807) is 4.31 Å². The molecule has 2 aromatic carbocycles. The molecule has 2 heterocycles. The van der Waals surface area contributed by atoms with Crippen LogP contribution in [0.3, 0.4) is 0 Å². The van der Waals surface area contributed by atoms with Crippen LogP contribution in [0.4, 0.5) is 0 Å². The summed E-state index contributed by atoms with van der Waals surface area (Å²) in [6, 6.07) is 17.5. The third-order valence-corrected chi connectivity index (χ3v) is 7.44. The van der Waals surface area contributed by atoms with E-state index in [0.717, 1.165) is 26.1 Å². The Morgan fingerprint density at radius 3 is 2.20 bits per heavy atom. The van der Waals surface area contributed by atoms with Crippen molar-refractivity contribution in [3.8, 4) is 0 Å². The number of nitrogens with one attached hydrogen (secondary N) is 1. The first-order valence-corrected chi connectivity index (χ1v) is 12.6. The minimum Gasteiger partial charge on any atom is -0.280 e. The molecule has 0 amide bonds. The van der Waals surface area contributed by atoms with Crippen LogP contribution < -0.4 is 5.43 Å². The first-order chi connectivity index (χ1) is 14.4. The Kier molecular flexibility index (Phi) is 6.27. The Morgan fingerprint density at radius 1 is 0.967 bits per heavy atom. The lowest BCUT2D eigenvalue weighted by Gasteiger charge is -2.48. The SMILES string of the molecule is CCCN1NC(c2ccc(C)cc2)c2ccccc2C1N1CCN(S(C)(=O)=O)CC1. The van der Waals surface area contributed by atoms with E-state index in [1.807, 2.05) is 0 Å². The zero-order valence-electron chi connectivity index (χ0n) is 18.1. The summed E-state index contributed by atoms with van der Waals surface area (Å²) in [6.07, 6.45) is 2.44. The van der Waals surface area contributed by atoms with E-state index in [4.69, 9.17) is 0 Å². The van der Waals surface area contributed by atoms with Gasteiger partial charge in [0.05, 0.1) is 12.3 Å². The van der Waals surface area contributed by atoms with Gasteiger partial charge in [0.25, 0.3) is 0 Å². The minimum atomic E-state index is -3.14. The fourth-order valence-electron chi connectivity index (χ4n) is 4.60. The first-order valence-electron chi connectivity index (χ1n) is 10.8. The van der Waals surface area contributed by atoms with Crippen molar-refractivity contribution in [1.82, 2.24) is 19.6 Å². The van der Waals surface area contributed by atoms with Crippen molar-refractivity contribution < 1.29 is 8.42 Å². The molecule has 2 unspecified atom stereocenters. The molecule has 0 spiro atoms. The normalized spacial score (nSPS) is 24.0. The molecule has 2 aliphatic rings. The molecule has 162 valence electrons. The van der Waals surface area contributed by atoms with Crippen LogP contribution >= 0.6 is 0 Å². The van der Waals surface area contributed by atoms with Gasteiger partial charge in [-0.2, -0.15) is 4.31 Å². The molecule has 0 radical (unpaired) electrons. The molecule has 2 aromatic rings. The lowest BCUT2D eigenvalue weighted by molar-refractivity contribution is -0.0303. The fourth-order valence-corrected chi connectivity index (χ4v) is 5.42. The molecule has 1 fully saturated rings. The highest BCUT2D eigenvalue weighted by atomic mass is 32.2. The summed E-state index contributed by atoms with van der Waals surface area (Å²) in [7, 11) is -3.14. The average Bonchev–Trinajstić information content (AvgIpc) is 2.73. The largest absolute Gasteiger partial charge is 0.280 e. The molecule has 1 N–H and O–H groups in total. The Hall–Kier alpha value is -1.77. The molecule has 30 heavy (non-hydrogen) atoms. The van der Waals surface area contributed by atoms with Crippen LogP contribution in [0.15, 0.2) is 48.5 Å². The molecule has 0 aliphatic carbocycles. The number of hydrazine groups is 1. The van der Waals surface area contributed by atoms with Crippen LogP contribution in [-0.4, -0.2) is 61.6 Å². The van der Waals surface area contributed by atoms with Gasteiger partial charge < -0.3 is 0 Å². The number of aryl methyl sites for hydroxylation is 1. The van der Waals surface area contributed by atoms with Gasteiger partial charge in [-0.1, -0.05) is 61.0 Å². The van der Waals surface area contributed by atoms with Crippen LogP contribution in [0.25, 0.3) is 0 Å². The molecule has 4 rings (SSSR count). The maximum absolute atomic E-state index is 11.9. The van der Waals surface area contributed by atoms with Crippen molar-refractivity contribution in [3.05, 3.63) is 70.8 Å². The van der Waals surface area contributed by atoms with Crippen LogP contribution in [0.1, 0.15) is 47.8 Å². The Balaban J connectivity index is 1.67. The molecule has 2 aliphatic heterocycles. The van der Waals surface area contributed by atoms with E-state index >= 15 is 0 Å². The zero-order valence-corrected chi connectivity index (χ0v) is 18.9. The predicted octanol–water partition coefficient (Wildman–Crippen LogP) is 2.89. The average molecular weight is 429 g/mol. The van der Waals surface area contributed by atoms with Gasteiger partial charge in [0, 0.05) is 32.7 Å². The number of rotatable bonds is 5. The van der Waals surface area contributed by atoms with E-state index in [1.165, 1.54) is 28.5 Å². The highest BCUT2D eigenvalue weighted by Gasteiger charge is 2.38. The van der Waals surface area contributed by atoms with Crippen LogP contribution in [0, 0.1) is 6.92 Å². The van der Waals surface area contributed by atoms with E-state index in [2.05, 4.69) is 77.7 Å². The van der Waals surface area contributed by atoms with Crippen molar-refractivity contribution in [2.24, 2.45) is 0 Å². The number of hydrogen-bond acceptors (Lipinski definition) is 5. The predicted molar refractivity (Wildman–Crippen MR) is 120 cm³/mol. The quantitative estimate of drug-likeness (QED) is 0.794. The number of hydrogen-bond donors (Lipinski definition) is 1. The molecule has 2 atom stereocenters. The molecular weight excluding hydrogens is 396 g/mol. The van der Waals surface area contributed by atoms with Gasteiger partial charge in [-0.05, 0) is 30.0 Å². The topological polar surface area (TPSA) is 55.9 Å². The van der Waals surface area contributed by atoms with Crippen molar-refractivity contribution in [2.75, 3.05) is 39.0 Å². The van der Waals surface area contributed by atoms with Gasteiger partial charge in [0.15, 0.2) is 0 Å². The highest BCUT2D eigenvalue weighted by molar-refractivity contribution is 7.88. The fraction of sp³-hybridized carbons (Fsp3) is 0.478. The van der Waals surface area contributed by atoms with Crippen LogP contribution in [-0.2, 0) is 10.0 Å². The Labute approximate surface area is 180 Å². The van der Waals surface area contributed by atoms with E-state index in [9.17, 15) is 8.42 Å². The number of benzene rings is 2. The summed E-state index contributed by atoms with van der Waals surface area (Å²) in [4.78, 5) is 2.41. The monoisotopic (exact) mass is 428 g/mol. The third-order valence-electron chi connectivity index (χ3n) is 6.14. The molecular formula is C23H32N4O2S. The van der Waals surface area contributed by atoms with Crippen molar-refractivity contribution in [2.45, 2.75) is 32.5 Å². The summed E-state index contributed by atoms with van der Waals surface area (Å²) in [5, 5.41) is 2.35. The second-order valence-electron chi connectivity index (χ2n) is 8.37. The van der Waals surface area contributed by atoms with E-state index in [-0.39, 0.29) is 12.2 Å². The van der Waals surface area contributed by atoms with E-state index < -0.39 is 10.0 Å². The smallest absolute Gasteiger partial charge is 0.211 e. The maximum Gasteiger partial charge on any atom is 0.211 e. The second kappa shape index (κ2) is 8.77. The van der Waals surface area contributed by atoms with Gasteiger partial charge in [0.1, 0.15) is 6.17 Å². The zero-order chi connectivity index (χ0) is 21.3. The number of fused-ring (bicyclic) bond motifs is 1. The van der Waals surface area contributed by atoms with E-state index in [0.29, 0.717) is 13.1 Å². The maximum atomic E-state index is 11.9. The number of sulfonamides is 1. The first kappa shape index (κ1) is 21.5. The molecule has 6 nitrogen and oxygen atoms in total. The standard InChI is InChI=1S/C23H32N4O2S/c1-4-13-27-23(25-14-16-26(17-15-25)30(3,28)29)21-8-6-5-7-20(21)22(24-27)19-11-9-18(2)10-12-19/h5-12,22-24H,4,13-17H2,1-3H3. The Bertz CT molecular complexity index is 969. The molecule has 0 saturated carbocycles. The highest BCUT2D eigenvalue weighted by Crippen LogP contribution is 2.38. The lowest BCUT2D eigenvalue weighted by atomic mass is 9.90. The minimum absolute atomic E-state index is 0.101. The van der Waals surface area contributed by atoms with Gasteiger partial charge in [-0.15, -0.1) is 0 Å². The van der Waals surface area contributed by atoms with Gasteiger partial charge >= 0.3 is 0 Å². The van der Waals surface area contributed by atoms with Crippen molar-refractivity contribution >= 4 is 10.0 Å². The molecule has 1 saturated heterocycles. The lowest BCUT2D eigenvalue weighted by Crippen LogP contribution is -2.58. The summed E-state index contributed by atoms with van der Waals surface area (Å²) >= 11 is 0. The van der Waals surface area contributed by atoms with Crippen LogP contribution in [0.5, 0.6) is 0 Å². The van der Waals surface area contributed by atoms with Crippen molar-refractivity contribution in [3.63, 3.8) is 0 Å². The second-order valence-corrected chi connectivity index (χ2v) is 10.3. The van der Waals surface area contributed by atoms with Crippen molar-refractivity contribution in [1.29, 1.82) is 0 Å². The number of nitrogens with zero attached hydrogens (tertiary/aromatic N) is 3.